The average molecular weight is 358 g/mol. The third-order valence-corrected chi connectivity index (χ3v) is 3.75. The van der Waals surface area contributed by atoms with E-state index in [1.165, 1.54) is 6.20 Å². The second-order valence-electron chi connectivity index (χ2n) is 5.98. The number of rotatable bonds is 4. The van der Waals surface area contributed by atoms with E-state index in [4.69, 9.17) is 19.6 Å². The highest BCUT2D eigenvalue weighted by molar-refractivity contribution is 5.92. The first-order valence-corrected chi connectivity index (χ1v) is 7.98. The van der Waals surface area contributed by atoms with E-state index in [2.05, 4.69) is 4.98 Å². The molecule has 8 nitrogen and oxygen atoms in total. The van der Waals surface area contributed by atoms with Crippen LogP contribution in [-0.2, 0) is 16.1 Å². The standard InChI is InChI=1S/C18H18N2O6/c1-9(2)24-18(23)14-13(10-4-3-5-20-7-10)16-15(26-17(14)19)12(22)6-11(8-21)25-16/h3-7,9,13,21H,8,19H2,1-2H3/t13-/m1/s1. The number of aliphatic hydroxyl groups is 1. The fourth-order valence-electron chi connectivity index (χ4n) is 2.72. The number of aliphatic hydroxyl groups excluding tert-OH is 1. The topological polar surface area (TPSA) is 125 Å². The van der Waals surface area contributed by atoms with Gasteiger partial charge in [0, 0.05) is 18.5 Å². The van der Waals surface area contributed by atoms with Crippen molar-refractivity contribution in [3.05, 3.63) is 69.4 Å². The van der Waals surface area contributed by atoms with Crippen molar-refractivity contribution in [2.24, 2.45) is 5.73 Å². The van der Waals surface area contributed by atoms with E-state index in [9.17, 15) is 14.7 Å². The number of esters is 1. The van der Waals surface area contributed by atoms with Crippen LogP contribution in [0, 0.1) is 0 Å². The Morgan fingerprint density at radius 2 is 2.23 bits per heavy atom. The first-order valence-electron chi connectivity index (χ1n) is 7.98. The van der Waals surface area contributed by atoms with Gasteiger partial charge in [0.15, 0.2) is 5.76 Å². The van der Waals surface area contributed by atoms with E-state index in [0.29, 0.717) is 5.56 Å². The summed E-state index contributed by atoms with van der Waals surface area (Å²) in [5.74, 6) is -1.79. The molecule has 26 heavy (non-hydrogen) atoms. The summed E-state index contributed by atoms with van der Waals surface area (Å²) in [5.41, 5.74) is 6.01. The minimum absolute atomic E-state index is 0.0115. The van der Waals surface area contributed by atoms with Crippen LogP contribution in [0.3, 0.4) is 0 Å². The lowest BCUT2D eigenvalue weighted by Gasteiger charge is -2.27. The molecule has 0 saturated heterocycles. The van der Waals surface area contributed by atoms with Crippen molar-refractivity contribution in [3.63, 3.8) is 0 Å². The molecular formula is C18H18N2O6. The lowest BCUT2D eigenvalue weighted by Crippen LogP contribution is -2.31. The molecule has 0 aliphatic carbocycles. The van der Waals surface area contributed by atoms with Gasteiger partial charge in [0.2, 0.25) is 17.1 Å². The summed E-state index contributed by atoms with van der Waals surface area (Å²) in [6.45, 7) is 2.93. The maximum Gasteiger partial charge on any atom is 0.340 e. The fraction of sp³-hybridized carbons (Fsp3) is 0.278. The van der Waals surface area contributed by atoms with Crippen LogP contribution in [0.2, 0.25) is 0 Å². The maximum atomic E-state index is 12.6. The molecule has 136 valence electrons. The zero-order valence-electron chi connectivity index (χ0n) is 14.3. The molecule has 0 spiro atoms. The van der Waals surface area contributed by atoms with Crippen LogP contribution >= 0.6 is 0 Å². The number of aromatic nitrogens is 1. The summed E-state index contributed by atoms with van der Waals surface area (Å²) in [4.78, 5) is 29.0. The van der Waals surface area contributed by atoms with Crippen LogP contribution in [0.1, 0.15) is 36.8 Å². The number of carbonyl (C=O) groups is 1. The quantitative estimate of drug-likeness (QED) is 0.781. The Kier molecular flexibility index (Phi) is 4.77. The molecule has 1 aliphatic heterocycles. The Hall–Kier alpha value is -3.13. The molecule has 1 aliphatic rings. The van der Waals surface area contributed by atoms with Crippen LogP contribution in [0.4, 0.5) is 0 Å². The van der Waals surface area contributed by atoms with Crippen LogP contribution in [-0.4, -0.2) is 22.2 Å². The van der Waals surface area contributed by atoms with Crippen molar-refractivity contribution in [1.82, 2.24) is 4.98 Å². The average Bonchev–Trinajstić information content (AvgIpc) is 2.61. The molecule has 0 aromatic carbocycles. The summed E-state index contributed by atoms with van der Waals surface area (Å²) < 4.78 is 16.3. The summed E-state index contributed by atoms with van der Waals surface area (Å²) in [6, 6.07) is 4.51. The molecule has 2 aromatic heterocycles. The fourth-order valence-corrected chi connectivity index (χ4v) is 2.72. The van der Waals surface area contributed by atoms with Gasteiger partial charge in [-0.2, -0.15) is 0 Å². The molecule has 0 saturated carbocycles. The molecule has 0 fully saturated rings. The first-order chi connectivity index (χ1) is 12.4. The van der Waals surface area contributed by atoms with Gasteiger partial charge in [-0.1, -0.05) is 6.07 Å². The van der Waals surface area contributed by atoms with Gasteiger partial charge >= 0.3 is 5.97 Å². The minimum atomic E-state index is -0.849. The molecule has 8 heteroatoms. The van der Waals surface area contributed by atoms with Crippen LogP contribution < -0.4 is 15.9 Å². The number of nitrogens with zero attached hydrogens (tertiary/aromatic N) is 1. The van der Waals surface area contributed by atoms with E-state index in [1.807, 2.05) is 0 Å². The normalized spacial score (nSPS) is 16.2. The Balaban J connectivity index is 2.24. The smallest absolute Gasteiger partial charge is 0.340 e. The van der Waals surface area contributed by atoms with E-state index in [0.717, 1.165) is 6.07 Å². The summed E-state index contributed by atoms with van der Waals surface area (Å²) in [5, 5.41) is 9.35. The lowest BCUT2D eigenvalue weighted by atomic mass is 9.87. The zero-order chi connectivity index (χ0) is 18.8. The Morgan fingerprint density at radius 1 is 1.46 bits per heavy atom. The first kappa shape index (κ1) is 17.7. The number of carbonyl (C=O) groups excluding carboxylic acids is 1. The molecule has 0 unspecified atom stereocenters. The highest BCUT2D eigenvalue weighted by atomic mass is 16.5. The molecule has 2 aromatic rings. The third kappa shape index (κ3) is 3.18. The van der Waals surface area contributed by atoms with Gasteiger partial charge < -0.3 is 24.7 Å². The van der Waals surface area contributed by atoms with Crippen LogP contribution in [0.15, 0.2) is 51.3 Å². The van der Waals surface area contributed by atoms with Crippen molar-refractivity contribution >= 4 is 5.97 Å². The minimum Gasteiger partial charge on any atom is -0.459 e. The van der Waals surface area contributed by atoms with Gasteiger partial charge in [-0.15, -0.1) is 0 Å². The maximum absolute atomic E-state index is 12.6. The highest BCUT2D eigenvalue weighted by Gasteiger charge is 2.39. The molecule has 0 amide bonds. The van der Waals surface area contributed by atoms with Crippen molar-refractivity contribution < 1.29 is 23.8 Å². The van der Waals surface area contributed by atoms with Gasteiger partial charge in [0.25, 0.3) is 0 Å². The van der Waals surface area contributed by atoms with Crippen molar-refractivity contribution in [1.29, 1.82) is 0 Å². The SMILES string of the molecule is CC(C)OC(=O)C1=C(N)Oc2c(oc(CO)cc2=O)[C@@H]1c1cccnc1. The number of hydrogen-bond donors (Lipinski definition) is 2. The Morgan fingerprint density at radius 3 is 2.85 bits per heavy atom. The molecule has 3 rings (SSSR count). The largest absolute Gasteiger partial charge is 0.459 e. The predicted molar refractivity (Wildman–Crippen MR) is 90.1 cm³/mol. The number of ether oxygens (including phenoxy) is 2. The Bertz CT molecular complexity index is 917. The monoisotopic (exact) mass is 358 g/mol. The van der Waals surface area contributed by atoms with E-state index >= 15 is 0 Å². The van der Waals surface area contributed by atoms with Gasteiger partial charge in [-0.05, 0) is 25.5 Å². The van der Waals surface area contributed by atoms with Crippen LogP contribution in [0.5, 0.6) is 5.75 Å². The zero-order valence-corrected chi connectivity index (χ0v) is 14.3. The second kappa shape index (κ2) is 7.01. The summed E-state index contributed by atoms with van der Waals surface area (Å²) >= 11 is 0. The predicted octanol–water partition coefficient (Wildman–Crippen LogP) is 1.17. The van der Waals surface area contributed by atoms with Crippen molar-refractivity contribution in [2.45, 2.75) is 32.5 Å². The van der Waals surface area contributed by atoms with E-state index in [-0.39, 0.29) is 34.8 Å². The van der Waals surface area contributed by atoms with Gasteiger partial charge in [0.1, 0.15) is 17.9 Å². The molecule has 3 N–H and O–H groups in total. The van der Waals surface area contributed by atoms with E-state index in [1.54, 1.807) is 32.2 Å². The lowest BCUT2D eigenvalue weighted by molar-refractivity contribution is -0.143. The number of hydrogen-bond acceptors (Lipinski definition) is 8. The van der Waals surface area contributed by atoms with E-state index < -0.39 is 23.9 Å². The molecule has 0 bridgehead atoms. The number of nitrogens with two attached hydrogens (primary N) is 1. The van der Waals surface area contributed by atoms with Gasteiger partial charge in [0.05, 0.1) is 12.0 Å². The second-order valence-corrected chi connectivity index (χ2v) is 5.98. The Labute approximate surface area is 148 Å². The van der Waals surface area contributed by atoms with Gasteiger partial charge in [-0.25, -0.2) is 4.79 Å². The molecule has 1 atom stereocenters. The third-order valence-electron chi connectivity index (χ3n) is 3.75. The molecular weight excluding hydrogens is 340 g/mol. The summed E-state index contributed by atoms with van der Waals surface area (Å²) in [7, 11) is 0. The number of fused-ring (bicyclic) bond motifs is 1. The number of pyridine rings is 1. The van der Waals surface area contributed by atoms with Crippen molar-refractivity contribution in [2.75, 3.05) is 0 Å². The van der Waals surface area contributed by atoms with Crippen molar-refractivity contribution in [3.8, 4) is 5.75 Å². The molecule has 3 heterocycles. The van der Waals surface area contributed by atoms with Gasteiger partial charge in [-0.3, -0.25) is 9.78 Å². The highest BCUT2D eigenvalue weighted by Crippen LogP contribution is 2.41. The van der Waals surface area contributed by atoms with Crippen LogP contribution in [0.25, 0.3) is 0 Å². The summed E-state index contributed by atoms with van der Waals surface area (Å²) in [6.07, 6.45) is 2.72. The molecule has 0 radical (unpaired) electrons.